The molecule has 0 saturated heterocycles. The minimum atomic E-state index is 0.292. The maximum atomic E-state index is 5.37. The lowest BCUT2D eigenvalue weighted by molar-refractivity contribution is 0.173. The first kappa shape index (κ1) is 13.0. The van der Waals surface area contributed by atoms with Gasteiger partial charge in [-0.3, -0.25) is 4.99 Å². The van der Waals surface area contributed by atoms with Gasteiger partial charge in [0.25, 0.3) is 0 Å². The highest BCUT2D eigenvalue weighted by Crippen LogP contribution is 2.33. The van der Waals surface area contributed by atoms with Gasteiger partial charge in [0.15, 0.2) is 23.0 Å². The Morgan fingerprint density at radius 2 is 1.50 bits per heavy atom. The third kappa shape index (κ3) is 2.57. The molecule has 112 valence electrons. The van der Waals surface area contributed by atoms with E-state index in [1.165, 1.54) is 5.56 Å². The lowest BCUT2D eigenvalue weighted by atomic mass is 10.1. The van der Waals surface area contributed by atoms with Crippen LogP contribution in [0.1, 0.15) is 11.1 Å². The summed E-state index contributed by atoms with van der Waals surface area (Å²) in [4.78, 5) is 4.46. The van der Waals surface area contributed by atoms with Crippen LogP contribution in [0.15, 0.2) is 41.4 Å². The first-order valence-electron chi connectivity index (χ1n) is 7.16. The summed E-state index contributed by atoms with van der Waals surface area (Å²) in [6, 6.07) is 11.8. The molecule has 2 aromatic rings. The van der Waals surface area contributed by atoms with E-state index in [1.807, 2.05) is 42.6 Å². The summed E-state index contributed by atoms with van der Waals surface area (Å²) < 4.78 is 21.3. The number of hydrogen-bond acceptors (Lipinski definition) is 5. The molecular formula is C17H15NO4. The largest absolute Gasteiger partial charge is 0.454 e. The van der Waals surface area contributed by atoms with Crippen LogP contribution >= 0.6 is 0 Å². The van der Waals surface area contributed by atoms with Crippen LogP contribution in [0.5, 0.6) is 23.0 Å². The quantitative estimate of drug-likeness (QED) is 0.814. The van der Waals surface area contributed by atoms with Crippen molar-refractivity contribution in [2.24, 2.45) is 4.99 Å². The smallest absolute Gasteiger partial charge is 0.231 e. The molecule has 0 aliphatic carbocycles. The molecular weight excluding hydrogens is 282 g/mol. The Morgan fingerprint density at radius 1 is 0.818 bits per heavy atom. The van der Waals surface area contributed by atoms with Gasteiger partial charge in [-0.1, -0.05) is 6.07 Å². The van der Waals surface area contributed by atoms with Gasteiger partial charge in [-0.05, 0) is 47.9 Å². The van der Waals surface area contributed by atoms with Gasteiger partial charge >= 0.3 is 0 Å². The maximum absolute atomic E-state index is 5.37. The van der Waals surface area contributed by atoms with Crippen LogP contribution in [-0.4, -0.2) is 26.3 Å². The third-order valence-corrected chi connectivity index (χ3v) is 3.60. The van der Waals surface area contributed by atoms with Crippen LogP contribution in [-0.2, 0) is 6.42 Å². The van der Waals surface area contributed by atoms with E-state index in [0.29, 0.717) is 20.1 Å². The van der Waals surface area contributed by atoms with Gasteiger partial charge in [0, 0.05) is 12.8 Å². The Morgan fingerprint density at radius 3 is 2.32 bits per heavy atom. The minimum absolute atomic E-state index is 0.292. The first-order valence-corrected chi connectivity index (χ1v) is 7.16. The van der Waals surface area contributed by atoms with E-state index >= 15 is 0 Å². The molecule has 0 saturated carbocycles. The fourth-order valence-electron chi connectivity index (χ4n) is 2.45. The number of rotatable bonds is 4. The Bertz CT molecular complexity index is 727. The summed E-state index contributed by atoms with van der Waals surface area (Å²) in [5.41, 5.74) is 2.20. The van der Waals surface area contributed by atoms with Gasteiger partial charge in [-0.25, -0.2) is 0 Å². The number of fused-ring (bicyclic) bond motifs is 2. The predicted molar refractivity (Wildman–Crippen MR) is 81.3 cm³/mol. The van der Waals surface area contributed by atoms with Crippen LogP contribution < -0.4 is 18.9 Å². The van der Waals surface area contributed by atoms with Gasteiger partial charge in [0.2, 0.25) is 13.6 Å². The van der Waals surface area contributed by atoms with Gasteiger partial charge in [0.05, 0.1) is 0 Å². The van der Waals surface area contributed by atoms with Crippen molar-refractivity contribution < 1.29 is 18.9 Å². The molecule has 5 heteroatoms. The molecule has 0 fully saturated rings. The molecule has 0 atom stereocenters. The van der Waals surface area contributed by atoms with Crippen molar-refractivity contribution in [2.45, 2.75) is 6.42 Å². The molecule has 5 nitrogen and oxygen atoms in total. The second kappa shape index (κ2) is 5.60. The Kier molecular flexibility index (Phi) is 3.31. The monoisotopic (exact) mass is 297 g/mol. The molecule has 0 radical (unpaired) electrons. The lowest BCUT2D eigenvalue weighted by Gasteiger charge is -2.01. The molecule has 2 aromatic carbocycles. The molecule has 0 aromatic heterocycles. The second-order valence-corrected chi connectivity index (χ2v) is 5.09. The number of aliphatic imine (C=N–C) groups is 1. The van der Waals surface area contributed by atoms with Crippen molar-refractivity contribution in [3.05, 3.63) is 47.5 Å². The summed E-state index contributed by atoms with van der Waals surface area (Å²) in [5, 5.41) is 0. The van der Waals surface area contributed by atoms with Crippen molar-refractivity contribution in [1.29, 1.82) is 0 Å². The highest BCUT2D eigenvalue weighted by Gasteiger charge is 2.13. The highest BCUT2D eigenvalue weighted by atomic mass is 16.7. The Balaban J connectivity index is 1.36. The zero-order chi connectivity index (χ0) is 14.8. The summed E-state index contributed by atoms with van der Waals surface area (Å²) in [6.45, 7) is 1.31. The predicted octanol–water partition coefficient (Wildman–Crippen LogP) is 2.81. The molecule has 2 heterocycles. The fourth-order valence-corrected chi connectivity index (χ4v) is 2.45. The number of hydrogen-bond donors (Lipinski definition) is 0. The van der Waals surface area contributed by atoms with Crippen LogP contribution in [0.2, 0.25) is 0 Å². The van der Waals surface area contributed by atoms with Crippen LogP contribution in [0.25, 0.3) is 0 Å². The summed E-state index contributed by atoms with van der Waals surface area (Å²) >= 11 is 0. The molecule has 0 unspecified atom stereocenters. The normalized spacial score (nSPS) is 14.7. The van der Waals surface area contributed by atoms with Crippen molar-refractivity contribution in [2.75, 3.05) is 20.1 Å². The van der Waals surface area contributed by atoms with E-state index in [0.717, 1.165) is 35.0 Å². The van der Waals surface area contributed by atoms with Crippen LogP contribution in [0.3, 0.4) is 0 Å². The minimum Gasteiger partial charge on any atom is -0.454 e. The Hall–Kier alpha value is -2.69. The molecule has 0 bridgehead atoms. The molecule has 4 rings (SSSR count). The maximum Gasteiger partial charge on any atom is 0.231 e. The van der Waals surface area contributed by atoms with E-state index in [9.17, 15) is 0 Å². The van der Waals surface area contributed by atoms with Gasteiger partial charge in [-0.2, -0.15) is 0 Å². The molecule has 0 amide bonds. The van der Waals surface area contributed by atoms with Gasteiger partial charge in [0.1, 0.15) is 0 Å². The molecule has 0 N–H and O–H groups in total. The third-order valence-electron chi connectivity index (χ3n) is 3.60. The zero-order valence-electron chi connectivity index (χ0n) is 12.0. The van der Waals surface area contributed by atoms with Gasteiger partial charge < -0.3 is 18.9 Å². The van der Waals surface area contributed by atoms with E-state index in [4.69, 9.17) is 18.9 Å². The Labute approximate surface area is 128 Å². The summed E-state index contributed by atoms with van der Waals surface area (Å²) in [6.07, 6.45) is 2.71. The summed E-state index contributed by atoms with van der Waals surface area (Å²) in [5.74, 6) is 3.20. The SMILES string of the molecule is C(=N\CCc1ccc2c(c1)OCO2)/c1ccc2c(c1)OCO2. The average molecular weight is 297 g/mol. The second-order valence-electron chi connectivity index (χ2n) is 5.09. The van der Waals surface area contributed by atoms with Crippen LogP contribution in [0, 0.1) is 0 Å². The number of ether oxygens (including phenoxy) is 4. The highest BCUT2D eigenvalue weighted by molar-refractivity contribution is 5.81. The van der Waals surface area contributed by atoms with E-state index in [1.54, 1.807) is 0 Å². The average Bonchev–Trinajstić information content (AvgIpc) is 3.19. The van der Waals surface area contributed by atoms with Crippen molar-refractivity contribution in [3.8, 4) is 23.0 Å². The van der Waals surface area contributed by atoms with E-state index < -0.39 is 0 Å². The fraction of sp³-hybridized carbons (Fsp3) is 0.235. The van der Waals surface area contributed by atoms with E-state index in [-0.39, 0.29) is 0 Å². The topological polar surface area (TPSA) is 49.3 Å². The van der Waals surface area contributed by atoms with Crippen molar-refractivity contribution in [3.63, 3.8) is 0 Å². The zero-order valence-corrected chi connectivity index (χ0v) is 12.0. The molecule has 2 aliphatic heterocycles. The molecule has 22 heavy (non-hydrogen) atoms. The number of benzene rings is 2. The first-order chi connectivity index (χ1) is 10.9. The lowest BCUT2D eigenvalue weighted by Crippen LogP contribution is -1.93. The van der Waals surface area contributed by atoms with Gasteiger partial charge in [-0.15, -0.1) is 0 Å². The van der Waals surface area contributed by atoms with Crippen LogP contribution in [0.4, 0.5) is 0 Å². The summed E-state index contributed by atoms with van der Waals surface area (Å²) in [7, 11) is 0. The molecule has 2 aliphatic rings. The molecule has 0 spiro atoms. The van der Waals surface area contributed by atoms with Crippen molar-refractivity contribution in [1.82, 2.24) is 0 Å². The standard InChI is InChI=1S/C17H15NO4/c1-3-14-16(21-10-19-14)7-12(1)5-6-18-9-13-2-4-15-17(8-13)22-11-20-15/h1-4,7-9H,5-6,10-11H2/b18-9+. The van der Waals surface area contributed by atoms with E-state index in [2.05, 4.69) is 4.99 Å². The van der Waals surface area contributed by atoms with Crippen molar-refractivity contribution >= 4 is 6.21 Å². The number of nitrogens with zero attached hydrogens (tertiary/aromatic N) is 1.